The van der Waals surface area contributed by atoms with E-state index in [1.165, 1.54) is 6.07 Å². The second-order valence-corrected chi connectivity index (χ2v) is 5.06. The number of aliphatic hydroxyl groups excluding tert-OH is 1. The first-order chi connectivity index (χ1) is 8.08. The molecule has 17 heavy (non-hydrogen) atoms. The zero-order valence-electron chi connectivity index (χ0n) is 9.17. The lowest BCUT2D eigenvalue weighted by atomic mass is 9.92. The van der Waals surface area contributed by atoms with E-state index in [0.29, 0.717) is 10.7 Å². The van der Waals surface area contributed by atoms with Gasteiger partial charge in [-0.25, -0.2) is 0 Å². The van der Waals surface area contributed by atoms with Gasteiger partial charge < -0.3 is 15.4 Å². The van der Waals surface area contributed by atoms with Crippen molar-refractivity contribution in [3.05, 3.63) is 21.9 Å². The van der Waals surface area contributed by atoms with Gasteiger partial charge in [-0.05, 0) is 18.9 Å². The molecule has 2 atom stereocenters. The third-order valence-corrected chi connectivity index (χ3v) is 3.71. The van der Waals surface area contributed by atoms with E-state index in [2.05, 4.69) is 10.3 Å². The van der Waals surface area contributed by atoms with E-state index in [0.717, 1.165) is 25.7 Å². The highest BCUT2D eigenvalue weighted by atomic mass is 35.5. The summed E-state index contributed by atoms with van der Waals surface area (Å²) in [5.74, 6) is -0.287. The van der Waals surface area contributed by atoms with Crippen molar-refractivity contribution in [3.8, 4) is 0 Å². The standard InChI is InChI=1S/C11H14Cl2N2O2/c12-6-5-8(14-10(6)13)11(17)15-7-3-1-2-4-9(7)16/h5,7,9,14,16H,1-4H2,(H,15,17)/t7-,9-/m1/s1. The molecule has 6 heteroatoms. The fraction of sp³-hybridized carbons (Fsp3) is 0.545. The minimum absolute atomic E-state index is 0.183. The van der Waals surface area contributed by atoms with Gasteiger partial charge in [0.05, 0.1) is 17.2 Å². The lowest BCUT2D eigenvalue weighted by Gasteiger charge is -2.28. The summed E-state index contributed by atoms with van der Waals surface area (Å²) < 4.78 is 0. The van der Waals surface area contributed by atoms with E-state index in [4.69, 9.17) is 23.2 Å². The number of aliphatic hydroxyl groups is 1. The lowest BCUT2D eigenvalue weighted by molar-refractivity contribution is 0.0714. The number of nitrogens with one attached hydrogen (secondary N) is 2. The molecule has 0 saturated heterocycles. The van der Waals surface area contributed by atoms with E-state index in [1.54, 1.807) is 0 Å². The molecule has 4 nitrogen and oxygen atoms in total. The zero-order valence-corrected chi connectivity index (χ0v) is 10.7. The smallest absolute Gasteiger partial charge is 0.268 e. The van der Waals surface area contributed by atoms with Crippen LogP contribution < -0.4 is 5.32 Å². The number of amides is 1. The summed E-state index contributed by atoms with van der Waals surface area (Å²) in [4.78, 5) is 14.5. The van der Waals surface area contributed by atoms with Crippen LogP contribution in [0.2, 0.25) is 10.2 Å². The van der Waals surface area contributed by atoms with Crippen LogP contribution in [0.4, 0.5) is 0 Å². The molecule has 0 unspecified atom stereocenters. The van der Waals surface area contributed by atoms with Crippen LogP contribution in [-0.4, -0.2) is 28.1 Å². The highest BCUT2D eigenvalue weighted by Crippen LogP contribution is 2.23. The van der Waals surface area contributed by atoms with Gasteiger partial charge in [0.25, 0.3) is 5.91 Å². The normalized spacial score (nSPS) is 24.6. The monoisotopic (exact) mass is 276 g/mol. The Morgan fingerprint density at radius 2 is 2.12 bits per heavy atom. The molecule has 0 spiro atoms. The molecular weight excluding hydrogens is 263 g/mol. The maximum atomic E-state index is 11.9. The van der Waals surface area contributed by atoms with Crippen molar-refractivity contribution >= 4 is 29.1 Å². The third-order valence-electron chi connectivity index (χ3n) is 3.02. The number of aromatic amines is 1. The topological polar surface area (TPSA) is 65.1 Å². The Kier molecular flexibility index (Phi) is 3.97. The van der Waals surface area contributed by atoms with Crippen molar-refractivity contribution in [1.82, 2.24) is 10.3 Å². The molecule has 2 rings (SSSR count). The van der Waals surface area contributed by atoms with Crippen molar-refractivity contribution in [2.75, 3.05) is 0 Å². The average Bonchev–Trinajstić information content (AvgIpc) is 2.63. The van der Waals surface area contributed by atoms with E-state index >= 15 is 0 Å². The summed E-state index contributed by atoms with van der Waals surface area (Å²) in [6.07, 6.45) is 3.10. The second kappa shape index (κ2) is 5.29. The van der Waals surface area contributed by atoms with Crippen LogP contribution in [0.25, 0.3) is 0 Å². The van der Waals surface area contributed by atoms with Gasteiger partial charge in [-0.2, -0.15) is 0 Å². The Labute approximate surface area is 109 Å². The molecule has 1 amide bonds. The van der Waals surface area contributed by atoms with Crippen LogP contribution in [0, 0.1) is 0 Å². The van der Waals surface area contributed by atoms with Gasteiger partial charge in [0.15, 0.2) is 0 Å². The Morgan fingerprint density at radius 1 is 1.41 bits per heavy atom. The first-order valence-electron chi connectivity index (χ1n) is 5.61. The van der Waals surface area contributed by atoms with Crippen LogP contribution in [-0.2, 0) is 0 Å². The minimum atomic E-state index is -0.464. The largest absolute Gasteiger partial charge is 0.391 e. The number of halogens is 2. The van der Waals surface area contributed by atoms with Crippen LogP contribution in [0.5, 0.6) is 0 Å². The van der Waals surface area contributed by atoms with E-state index in [-0.39, 0.29) is 17.1 Å². The molecule has 0 bridgehead atoms. The van der Waals surface area contributed by atoms with Gasteiger partial charge in [-0.15, -0.1) is 0 Å². The van der Waals surface area contributed by atoms with E-state index < -0.39 is 6.10 Å². The molecule has 3 N–H and O–H groups in total. The molecule has 1 aromatic rings. The highest BCUT2D eigenvalue weighted by Gasteiger charge is 2.25. The molecule has 1 fully saturated rings. The molecule has 0 radical (unpaired) electrons. The maximum absolute atomic E-state index is 11.9. The summed E-state index contributed by atoms with van der Waals surface area (Å²) in [6.45, 7) is 0. The van der Waals surface area contributed by atoms with E-state index in [1.807, 2.05) is 0 Å². The van der Waals surface area contributed by atoms with Gasteiger partial charge in [-0.3, -0.25) is 4.79 Å². The Balaban J connectivity index is 2.01. The Bertz CT molecular complexity index is 400. The predicted octanol–water partition coefficient (Wildman–Crippen LogP) is 2.35. The van der Waals surface area contributed by atoms with Crippen LogP contribution in [0.15, 0.2) is 6.07 Å². The molecule has 1 saturated carbocycles. The van der Waals surface area contributed by atoms with Crippen molar-refractivity contribution in [3.63, 3.8) is 0 Å². The summed E-state index contributed by atoms with van der Waals surface area (Å²) >= 11 is 11.5. The van der Waals surface area contributed by atoms with Gasteiger partial charge in [-0.1, -0.05) is 36.0 Å². The van der Waals surface area contributed by atoms with Crippen molar-refractivity contribution in [2.45, 2.75) is 37.8 Å². The number of carbonyl (C=O) groups excluding carboxylic acids is 1. The van der Waals surface area contributed by atoms with Gasteiger partial charge in [0.2, 0.25) is 0 Å². The summed E-state index contributed by atoms with van der Waals surface area (Å²) in [6, 6.07) is 1.30. The van der Waals surface area contributed by atoms with Gasteiger partial charge >= 0.3 is 0 Å². The molecule has 1 aromatic heterocycles. The molecule has 1 heterocycles. The Morgan fingerprint density at radius 3 is 2.71 bits per heavy atom. The number of H-pyrrole nitrogens is 1. The van der Waals surface area contributed by atoms with E-state index in [9.17, 15) is 9.90 Å². The second-order valence-electron chi connectivity index (χ2n) is 4.28. The number of aromatic nitrogens is 1. The fourth-order valence-corrected chi connectivity index (χ4v) is 2.36. The zero-order chi connectivity index (χ0) is 12.4. The maximum Gasteiger partial charge on any atom is 0.268 e. The van der Waals surface area contributed by atoms with Crippen LogP contribution >= 0.6 is 23.2 Å². The number of hydrogen-bond donors (Lipinski definition) is 3. The molecule has 1 aliphatic carbocycles. The summed E-state index contributed by atoms with van der Waals surface area (Å²) in [7, 11) is 0. The molecule has 94 valence electrons. The number of rotatable bonds is 2. The average molecular weight is 277 g/mol. The SMILES string of the molecule is O=C(N[C@@H]1CCCC[C@H]1O)c1cc(Cl)c(Cl)[nH]1. The molecule has 0 aromatic carbocycles. The van der Waals surface area contributed by atoms with Crippen LogP contribution in [0.1, 0.15) is 36.2 Å². The third kappa shape index (κ3) is 2.94. The summed E-state index contributed by atoms with van der Waals surface area (Å²) in [5, 5.41) is 13.1. The quantitative estimate of drug-likeness (QED) is 0.777. The molecular formula is C11H14Cl2N2O2. The first-order valence-corrected chi connectivity index (χ1v) is 6.36. The van der Waals surface area contributed by atoms with Crippen LogP contribution in [0.3, 0.4) is 0 Å². The fourth-order valence-electron chi connectivity index (χ4n) is 2.05. The number of carbonyl (C=O) groups is 1. The van der Waals surface area contributed by atoms with Crippen molar-refractivity contribution in [2.24, 2.45) is 0 Å². The molecule has 1 aliphatic rings. The van der Waals surface area contributed by atoms with Gasteiger partial charge in [0.1, 0.15) is 10.8 Å². The highest BCUT2D eigenvalue weighted by molar-refractivity contribution is 6.41. The van der Waals surface area contributed by atoms with Crippen molar-refractivity contribution in [1.29, 1.82) is 0 Å². The first kappa shape index (κ1) is 12.7. The molecule has 0 aliphatic heterocycles. The summed E-state index contributed by atoms with van der Waals surface area (Å²) in [5.41, 5.74) is 0.317. The Hall–Kier alpha value is -0.710. The number of hydrogen-bond acceptors (Lipinski definition) is 2. The van der Waals surface area contributed by atoms with Gasteiger partial charge in [0, 0.05) is 0 Å². The predicted molar refractivity (Wildman–Crippen MR) is 66.5 cm³/mol. The minimum Gasteiger partial charge on any atom is -0.391 e. The lowest BCUT2D eigenvalue weighted by Crippen LogP contribution is -2.45. The van der Waals surface area contributed by atoms with Crippen molar-refractivity contribution < 1.29 is 9.90 Å².